The summed E-state index contributed by atoms with van der Waals surface area (Å²) in [5.74, 6) is -0.203. The van der Waals surface area contributed by atoms with Gasteiger partial charge in [-0.2, -0.15) is 5.10 Å². The Hall–Kier alpha value is -2.14. The predicted octanol–water partition coefficient (Wildman–Crippen LogP) is 1.06. The van der Waals surface area contributed by atoms with E-state index in [0.717, 1.165) is 5.56 Å². The molecule has 106 valence electrons. The Morgan fingerprint density at radius 2 is 2.10 bits per heavy atom. The summed E-state index contributed by atoms with van der Waals surface area (Å²) in [6, 6.07) is 9.47. The number of hydrogen-bond acceptors (Lipinski definition) is 3. The van der Waals surface area contributed by atoms with E-state index in [4.69, 9.17) is 0 Å². The molecule has 0 aliphatic heterocycles. The Morgan fingerprint density at radius 3 is 2.65 bits per heavy atom. The maximum Gasteiger partial charge on any atom is 0.255 e. The fourth-order valence-electron chi connectivity index (χ4n) is 2.15. The summed E-state index contributed by atoms with van der Waals surface area (Å²) < 4.78 is 1.61. The van der Waals surface area contributed by atoms with Crippen molar-refractivity contribution in [1.82, 2.24) is 15.1 Å². The van der Waals surface area contributed by atoms with E-state index in [9.17, 15) is 9.90 Å². The van der Waals surface area contributed by atoms with Crippen LogP contribution in [0.2, 0.25) is 0 Å². The average molecular weight is 273 g/mol. The van der Waals surface area contributed by atoms with Crippen molar-refractivity contribution in [3.05, 3.63) is 53.3 Å². The van der Waals surface area contributed by atoms with Crippen molar-refractivity contribution in [2.45, 2.75) is 19.4 Å². The Balaban J connectivity index is 2.03. The summed E-state index contributed by atoms with van der Waals surface area (Å²) in [6.45, 7) is 1.69. The van der Waals surface area contributed by atoms with Gasteiger partial charge in [0.2, 0.25) is 0 Å². The van der Waals surface area contributed by atoms with Gasteiger partial charge in [0.1, 0.15) is 0 Å². The first-order valence-corrected chi connectivity index (χ1v) is 6.56. The number of benzene rings is 1. The van der Waals surface area contributed by atoms with Gasteiger partial charge < -0.3 is 10.4 Å². The first-order valence-electron chi connectivity index (χ1n) is 6.56. The van der Waals surface area contributed by atoms with Crippen LogP contribution in [0.25, 0.3) is 0 Å². The third-order valence-corrected chi connectivity index (χ3v) is 3.14. The molecule has 1 amide bonds. The smallest absolute Gasteiger partial charge is 0.255 e. The molecule has 5 nitrogen and oxygen atoms in total. The van der Waals surface area contributed by atoms with Gasteiger partial charge in [0, 0.05) is 13.2 Å². The molecule has 20 heavy (non-hydrogen) atoms. The Morgan fingerprint density at radius 1 is 1.40 bits per heavy atom. The minimum absolute atomic E-state index is 0.0973. The minimum Gasteiger partial charge on any atom is -0.394 e. The Bertz CT molecular complexity index is 578. The normalized spacial score (nSPS) is 12.2. The van der Waals surface area contributed by atoms with E-state index in [0.29, 0.717) is 17.7 Å². The van der Waals surface area contributed by atoms with Crippen molar-refractivity contribution in [2.24, 2.45) is 7.05 Å². The molecule has 0 saturated carbocycles. The van der Waals surface area contributed by atoms with Gasteiger partial charge in [-0.05, 0) is 18.9 Å². The van der Waals surface area contributed by atoms with Crippen LogP contribution in [0.5, 0.6) is 0 Å². The molecule has 0 aliphatic carbocycles. The summed E-state index contributed by atoms with van der Waals surface area (Å²) in [6.07, 6.45) is 2.28. The predicted molar refractivity (Wildman–Crippen MR) is 76.4 cm³/mol. The molecule has 2 aromatic rings. The number of nitrogens with one attached hydrogen (secondary N) is 1. The first kappa shape index (κ1) is 14.3. The van der Waals surface area contributed by atoms with Crippen LogP contribution in [-0.2, 0) is 13.5 Å². The molecule has 1 heterocycles. The molecule has 1 aromatic heterocycles. The number of aromatic nitrogens is 2. The number of aliphatic hydroxyl groups excluding tert-OH is 1. The van der Waals surface area contributed by atoms with Crippen LogP contribution in [0, 0.1) is 6.92 Å². The van der Waals surface area contributed by atoms with Gasteiger partial charge in [-0.1, -0.05) is 30.3 Å². The lowest BCUT2D eigenvalue weighted by Crippen LogP contribution is -2.39. The van der Waals surface area contributed by atoms with Crippen molar-refractivity contribution in [2.75, 3.05) is 6.61 Å². The number of aliphatic hydroxyl groups is 1. The van der Waals surface area contributed by atoms with Gasteiger partial charge in [-0.25, -0.2) is 0 Å². The summed E-state index contributed by atoms with van der Waals surface area (Å²) in [5.41, 5.74) is 2.30. The highest BCUT2D eigenvalue weighted by atomic mass is 16.3. The zero-order valence-electron chi connectivity index (χ0n) is 11.7. The SMILES string of the molecule is Cc1nn(C)cc1C(=O)N[C@H](CO)Cc1ccccc1. The molecule has 0 radical (unpaired) electrons. The molecule has 0 saturated heterocycles. The lowest BCUT2D eigenvalue weighted by molar-refractivity contribution is 0.0916. The second kappa shape index (κ2) is 6.34. The maximum atomic E-state index is 12.2. The molecule has 0 aliphatic rings. The van der Waals surface area contributed by atoms with Crippen molar-refractivity contribution >= 4 is 5.91 Å². The number of nitrogens with zero attached hydrogens (tertiary/aromatic N) is 2. The molecule has 0 bridgehead atoms. The van der Waals surface area contributed by atoms with Crippen LogP contribution in [0.1, 0.15) is 21.6 Å². The topological polar surface area (TPSA) is 67.2 Å². The van der Waals surface area contributed by atoms with E-state index in [2.05, 4.69) is 10.4 Å². The van der Waals surface area contributed by atoms with Crippen LogP contribution < -0.4 is 5.32 Å². The van der Waals surface area contributed by atoms with E-state index in [1.165, 1.54) is 0 Å². The second-order valence-electron chi connectivity index (χ2n) is 4.84. The van der Waals surface area contributed by atoms with Crippen LogP contribution in [0.3, 0.4) is 0 Å². The van der Waals surface area contributed by atoms with Gasteiger partial charge in [-0.15, -0.1) is 0 Å². The molecule has 0 spiro atoms. The highest BCUT2D eigenvalue weighted by Crippen LogP contribution is 2.07. The summed E-state index contributed by atoms with van der Waals surface area (Å²) in [7, 11) is 1.78. The van der Waals surface area contributed by atoms with E-state index in [-0.39, 0.29) is 18.6 Å². The van der Waals surface area contributed by atoms with Crippen LogP contribution >= 0.6 is 0 Å². The average Bonchev–Trinajstić information content (AvgIpc) is 2.78. The van der Waals surface area contributed by atoms with E-state index in [1.54, 1.807) is 24.9 Å². The van der Waals surface area contributed by atoms with Crippen molar-refractivity contribution < 1.29 is 9.90 Å². The molecule has 1 aromatic carbocycles. The fraction of sp³-hybridized carbons (Fsp3) is 0.333. The van der Waals surface area contributed by atoms with Crippen molar-refractivity contribution in [3.63, 3.8) is 0 Å². The molecule has 2 rings (SSSR count). The van der Waals surface area contributed by atoms with E-state index >= 15 is 0 Å². The van der Waals surface area contributed by atoms with Gasteiger partial charge in [0.15, 0.2) is 0 Å². The molecular weight excluding hydrogens is 254 g/mol. The van der Waals surface area contributed by atoms with E-state index in [1.807, 2.05) is 30.3 Å². The lowest BCUT2D eigenvalue weighted by Gasteiger charge is -2.16. The third kappa shape index (κ3) is 3.45. The van der Waals surface area contributed by atoms with Gasteiger partial charge >= 0.3 is 0 Å². The van der Waals surface area contributed by atoms with Gasteiger partial charge in [0.05, 0.1) is 23.9 Å². The Kier molecular flexibility index (Phi) is 4.53. The molecule has 5 heteroatoms. The molecular formula is C15H19N3O2. The summed E-state index contributed by atoms with van der Waals surface area (Å²) in [4.78, 5) is 12.2. The lowest BCUT2D eigenvalue weighted by atomic mass is 10.1. The second-order valence-corrected chi connectivity index (χ2v) is 4.84. The highest BCUT2D eigenvalue weighted by molar-refractivity contribution is 5.95. The van der Waals surface area contributed by atoms with E-state index < -0.39 is 0 Å². The monoisotopic (exact) mass is 273 g/mol. The van der Waals surface area contributed by atoms with Crippen LogP contribution in [0.15, 0.2) is 36.5 Å². The largest absolute Gasteiger partial charge is 0.394 e. The van der Waals surface area contributed by atoms with Gasteiger partial charge in [-0.3, -0.25) is 9.48 Å². The van der Waals surface area contributed by atoms with Crippen LogP contribution in [-0.4, -0.2) is 33.4 Å². The maximum absolute atomic E-state index is 12.2. The third-order valence-electron chi connectivity index (χ3n) is 3.14. The Labute approximate surface area is 118 Å². The van der Waals surface area contributed by atoms with Crippen LogP contribution in [0.4, 0.5) is 0 Å². The number of amides is 1. The number of aryl methyl sites for hydroxylation is 2. The summed E-state index contributed by atoms with van der Waals surface area (Å²) >= 11 is 0. The fourth-order valence-corrected chi connectivity index (χ4v) is 2.15. The van der Waals surface area contributed by atoms with Crippen molar-refractivity contribution in [1.29, 1.82) is 0 Å². The molecule has 2 N–H and O–H groups in total. The number of rotatable bonds is 5. The highest BCUT2D eigenvalue weighted by Gasteiger charge is 2.17. The zero-order valence-corrected chi connectivity index (χ0v) is 11.7. The molecule has 0 fully saturated rings. The minimum atomic E-state index is -0.301. The number of hydrogen-bond donors (Lipinski definition) is 2. The standard InChI is InChI=1S/C15H19N3O2/c1-11-14(9-18(2)17-11)15(20)16-13(10-19)8-12-6-4-3-5-7-12/h3-7,9,13,19H,8,10H2,1-2H3,(H,16,20)/t13-/m0/s1. The van der Waals surface area contributed by atoms with Crippen molar-refractivity contribution in [3.8, 4) is 0 Å². The molecule has 0 unspecified atom stereocenters. The number of carbonyl (C=O) groups excluding carboxylic acids is 1. The number of carbonyl (C=O) groups is 1. The first-order chi connectivity index (χ1) is 9.60. The summed E-state index contributed by atoms with van der Waals surface area (Å²) in [5, 5.41) is 16.4. The van der Waals surface area contributed by atoms with Gasteiger partial charge in [0.25, 0.3) is 5.91 Å². The zero-order chi connectivity index (χ0) is 14.5. The molecule has 1 atom stereocenters. The quantitative estimate of drug-likeness (QED) is 0.856.